The molecule has 1 aromatic rings. The molecule has 0 N–H and O–H groups in total. The molecule has 1 rings (SSSR count). The predicted octanol–water partition coefficient (Wildman–Crippen LogP) is 0.816. The minimum atomic E-state index is -0.998. The maximum atomic E-state index is 11.5. The highest BCUT2D eigenvalue weighted by atomic mass is 32.1. The first-order valence-corrected chi connectivity index (χ1v) is 2.21. The number of aromatic nitrogens is 2. The van der Waals surface area contributed by atoms with Crippen molar-refractivity contribution in [3.05, 3.63) is 11.3 Å². The van der Waals surface area contributed by atoms with Crippen molar-refractivity contribution in [3.63, 3.8) is 0 Å². The summed E-state index contributed by atoms with van der Waals surface area (Å²) < 4.78 is 25.9. The summed E-state index contributed by atoms with van der Waals surface area (Å²) in [5.41, 5.74) is 0. The van der Waals surface area contributed by atoms with Crippen LogP contribution in [0.3, 0.4) is 0 Å². The molecule has 0 radical (unpaired) electrons. The van der Waals surface area contributed by atoms with E-state index in [2.05, 4.69) is 9.36 Å². The van der Waals surface area contributed by atoms with Gasteiger partial charge in [0.1, 0.15) is 0 Å². The molecule has 0 fully saturated rings. The molecule has 0 aliphatic heterocycles. The van der Waals surface area contributed by atoms with Gasteiger partial charge in [0.2, 0.25) is 0 Å². The van der Waals surface area contributed by atoms with Gasteiger partial charge in [0.15, 0.2) is 0 Å². The second-order valence-corrected chi connectivity index (χ2v) is 1.52. The molecule has 2 nitrogen and oxygen atoms in total. The quantitative estimate of drug-likeness (QED) is 0.509. The molecule has 38 valence electrons. The van der Waals surface area contributed by atoms with Crippen molar-refractivity contribution < 1.29 is 8.78 Å². The van der Waals surface area contributed by atoms with E-state index in [9.17, 15) is 8.78 Å². The lowest BCUT2D eigenvalue weighted by Crippen LogP contribution is -1.72. The van der Waals surface area contributed by atoms with Crippen molar-refractivity contribution in [2.75, 3.05) is 0 Å². The zero-order valence-corrected chi connectivity index (χ0v) is 3.88. The topological polar surface area (TPSA) is 25.8 Å². The number of halogens is 2. The van der Waals surface area contributed by atoms with Gasteiger partial charge in [0.25, 0.3) is 5.26 Å². The minimum Gasteiger partial charge on any atom is -0.171 e. The van der Waals surface area contributed by atoms with Gasteiger partial charge in [0.05, 0.1) is 0 Å². The molecule has 5 heteroatoms. The summed E-state index contributed by atoms with van der Waals surface area (Å²) in [6, 6.07) is 0. The Labute approximate surface area is 42.0 Å². The van der Waals surface area contributed by atoms with Crippen LogP contribution in [-0.2, 0) is 0 Å². The zero-order chi connectivity index (χ0) is 5.28. The molecule has 0 aliphatic carbocycles. The number of rotatable bonds is 0. The maximum absolute atomic E-state index is 11.5. The van der Waals surface area contributed by atoms with E-state index in [1.54, 1.807) is 0 Å². The highest BCUT2D eigenvalue weighted by Gasteiger charge is 1.96. The number of hydrogen-bond donors (Lipinski definition) is 0. The Morgan fingerprint density at radius 3 is 2.29 bits per heavy atom. The first kappa shape index (κ1) is 4.58. The van der Waals surface area contributed by atoms with Crippen molar-refractivity contribution in [1.29, 1.82) is 0 Å². The fourth-order valence-corrected chi connectivity index (χ4v) is 0.496. The molecule has 1 aromatic heterocycles. The van der Waals surface area contributed by atoms with Gasteiger partial charge in [-0.3, -0.25) is 0 Å². The summed E-state index contributed by atoms with van der Waals surface area (Å²) in [6.07, 6.45) is -0.998. The van der Waals surface area contributed by atoms with Gasteiger partial charge in [-0.2, -0.15) is 13.8 Å². The lowest BCUT2D eigenvalue weighted by Gasteiger charge is -1.60. The Morgan fingerprint density at radius 1 is 1.43 bits per heavy atom. The average molecular weight is 122 g/mol. The Morgan fingerprint density at radius 2 is 2.14 bits per heavy atom. The van der Waals surface area contributed by atoms with E-state index >= 15 is 0 Å². The van der Waals surface area contributed by atoms with Gasteiger partial charge in [0, 0.05) is 11.5 Å². The van der Waals surface area contributed by atoms with Crippen LogP contribution in [0.1, 0.15) is 0 Å². The first-order valence-electron chi connectivity index (χ1n) is 1.44. The standard InChI is InChI=1S/C2F2N2S/c3-1-5-2(4)7-6-1. The van der Waals surface area contributed by atoms with Gasteiger partial charge >= 0.3 is 6.08 Å². The molecule has 0 aromatic carbocycles. The van der Waals surface area contributed by atoms with Crippen LogP contribution in [0.5, 0.6) is 0 Å². The predicted molar refractivity (Wildman–Crippen MR) is 19.8 cm³/mol. The summed E-state index contributed by atoms with van der Waals surface area (Å²) >= 11 is 0.402. The second kappa shape index (κ2) is 1.49. The highest BCUT2D eigenvalue weighted by Crippen LogP contribution is 1.97. The van der Waals surface area contributed by atoms with Crippen molar-refractivity contribution >= 4 is 11.5 Å². The van der Waals surface area contributed by atoms with Crippen LogP contribution in [0.4, 0.5) is 8.78 Å². The first-order chi connectivity index (χ1) is 3.29. The molecule has 0 unspecified atom stereocenters. The van der Waals surface area contributed by atoms with E-state index in [0.29, 0.717) is 11.5 Å². The molecule has 0 amide bonds. The largest absolute Gasteiger partial charge is 0.322 e. The van der Waals surface area contributed by atoms with E-state index in [1.807, 2.05) is 0 Å². The van der Waals surface area contributed by atoms with Crippen LogP contribution in [0.2, 0.25) is 0 Å². The van der Waals surface area contributed by atoms with E-state index in [0.717, 1.165) is 0 Å². The van der Waals surface area contributed by atoms with Crippen LogP contribution in [-0.4, -0.2) is 9.36 Å². The molecule has 0 bridgehead atoms. The molecular weight excluding hydrogens is 122 g/mol. The van der Waals surface area contributed by atoms with Crippen molar-refractivity contribution in [3.8, 4) is 0 Å². The zero-order valence-electron chi connectivity index (χ0n) is 3.06. The van der Waals surface area contributed by atoms with Gasteiger partial charge in [-0.05, 0) is 0 Å². The SMILES string of the molecule is Fc1nsc(F)n1. The maximum Gasteiger partial charge on any atom is 0.322 e. The van der Waals surface area contributed by atoms with Gasteiger partial charge in [-0.15, -0.1) is 4.37 Å². The third-order valence-corrected chi connectivity index (χ3v) is 0.860. The van der Waals surface area contributed by atoms with Crippen molar-refractivity contribution in [1.82, 2.24) is 9.36 Å². The summed E-state index contributed by atoms with van der Waals surface area (Å²) in [6.45, 7) is 0. The summed E-state index contributed by atoms with van der Waals surface area (Å²) in [5.74, 6) is 0. The molecule has 1 heterocycles. The van der Waals surface area contributed by atoms with Gasteiger partial charge < -0.3 is 0 Å². The van der Waals surface area contributed by atoms with Crippen LogP contribution in [0.15, 0.2) is 0 Å². The Balaban J connectivity index is 3.04. The Hall–Kier alpha value is -0.580. The lowest BCUT2D eigenvalue weighted by atomic mass is 11.2. The van der Waals surface area contributed by atoms with Crippen LogP contribution in [0.25, 0.3) is 0 Å². The van der Waals surface area contributed by atoms with Crippen molar-refractivity contribution in [2.45, 2.75) is 0 Å². The third-order valence-electron chi connectivity index (χ3n) is 0.376. The summed E-state index contributed by atoms with van der Waals surface area (Å²) in [4.78, 5) is 2.69. The van der Waals surface area contributed by atoms with Gasteiger partial charge in [-0.25, -0.2) is 0 Å². The summed E-state index contributed by atoms with van der Waals surface area (Å²) in [5, 5.41) is -0.836. The molecule has 0 spiro atoms. The number of nitrogens with zero attached hydrogens (tertiary/aromatic N) is 2. The lowest BCUT2D eigenvalue weighted by molar-refractivity contribution is 0.521. The normalized spacial score (nSPS) is 9.43. The third kappa shape index (κ3) is 0.894. The fourth-order valence-electron chi connectivity index (χ4n) is 0.189. The van der Waals surface area contributed by atoms with E-state index in [1.165, 1.54) is 0 Å². The van der Waals surface area contributed by atoms with Crippen molar-refractivity contribution in [2.24, 2.45) is 0 Å². The van der Waals surface area contributed by atoms with Crippen LogP contribution >= 0.6 is 11.5 Å². The molecule has 0 saturated heterocycles. The second-order valence-electron chi connectivity index (χ2n) is 0.816. The van der Waals surface area contributed by atoms with Crippen LogP contribution in [0, 0.1) is 11.3 Å². The molecule has 0 aliphatic rings. The summed E-state index contributed by atoms with van der Waals surface area (Å²) in [7, 11) is 0. The fraction of sp³-hybridized carbons (Fsp3) is 0. The Kier molecular flexibility index (Phi) is 0.976. The molecular formula is C2F2N2S. The van der Waals surface area contributed by atoms with Crippen LogP contribution < -0.4 is 0 Å². The minimum absolute atomic E-state index is 0.402. The highest BCUT2D eigenvalue weighted by molar-refractivity contribution is 7.03. The van der Waals surface area contributed by atoms with E-state index in [4.69, 9.17) is 0 Å². The molecule has 0 atom stereocenters. The van der Waals surface area contributed by atoms with E-state index < -0.39 is 11.3 Å². The monoisotopic (exact) mass is 122 g/mol. The smallest absolute Gasteiger partial charge is 0.171 e. The average Bonchev–Trinajstić information content (AvgIpc) is 1.87. The molecule has 0 saturated carbocycles. The Bertz CT molecular complexity index is 146. The van der Waals surface area contributed by atoms with Gasteiger partial charge in [-0.1, -0.05) is 0 Å². The molecule has 7 heavy (non-hydrogen) atoms. The number of hydrogen-bond acceptors (Lipinski definition) is 3. The van der Waals surface area contributed by atoms with E-state index in [-0.39, 0.29) is 0 Å².